The molecule has 0 saturated carbocycles. The normalized spacial score (nSPS) is 20.4. The minimum Gasteiger partial charge on any atom is -0.344 e. The highest BCUT2D eigenvalue weighted by Crippen LogP contribution is 2.09. The Labute approximate surface area is 112 Å². The first kappa shape index (κ1) is 13.5. The fourth-order valence-electron chi connectivity index (χ4n) is 2.20. The lowest BCUT2D eigenvalue weighted by Gasteiger charge is -2.16. The number of likely N-dealkylation sites (tertiary alicyclic amines) is 1. The minimum absolute atomic E-state index is 0.0414. The van der Waals surface area contributed by atoms with E-state index in [1.165, 1.54) is 0 Å². The van der Waals surface area contributed by atoms with Gasteiger partial charge >= 0.3 is 0 Å². The van der Waals surface area contributed by atoms with Crippen molar-refractivity contribution < 1.29 is 9.59 Å². The highest BCUT2D eigenvalue weighted by atomic mass is 16.2. The van der Waals surface area contributed by atoms with Crippen molar-refractivity contribution in [3.8, 4) is 0 Å². The van der Waals surface area contributed by atoms with Crippen molar-refractivity contribution in [2.75, 3.05) is 13.6 Å². The Kier molecular flexibility index (Phi) is 4.16. The van der Waals surface area contributed by atoms with Gasteiger partial charge in [-0.05, 0) is 18.4 Å². The Morgan fingerprint density at radius 1 is 1.47 bits per heavy atom. The van der Waals surface area contributed by atoms with Crippen LogP contribution < -0.4 is 11.1 Å². The van der Waals surface area contributed by atoms with E-state index in [1.807, 2.05) is 30.3 Å². The SMILES string of the molecule is CN1CCC(NC(=O)C(N)Cc2ccccc2)C1=O. The van der Waals surface area contributed by atoms with Crippen molar-refractivity contribution >= 4 is 11.8 Å². The van der Waals surface area contributed by atoms with Crippen molar-refractivity contribution in [2.45, 2.75) is 24.9 Å². The summed E-state index contributed by atoms with van der Waals surface area (Å²) in [6.07, 6.45) is 1.13. The molecule has 102 valence electrons. The summed E-state index contributed by atoms with van der Waals surface area (Å²) in [7, 11) is 1.73. The van der Waals surface area contributed by atoms with E-state index in [-0.39, 0.29) is 11.8 Å². The maximum absolute atomic E-state index is 11.9. The molecule has 1 aromatic rings. The monoisotopic (exact) mass is 261 g/mol. The molecule has 2 unspecified atom stereocenters. The fourth-order valence-corrected chi connectivity index (χ4v) is 2.20. The Bertz CT molecular complexity index is 461. The van der Waals surface area contributed by atoms with E-state index in [0.29, 0.717) is 19.4 Å². The first-order valence-electron chi connectivity index (χ1n) is 6.43. The minimum atomic E-state index is -0.624. The lowest BCUT2D eigenvalue weighted by molar-refractivity contribution is -0.132. The van der Waals surface area contributed by atoms with Gasteiger partial charge in [-0.1, -0.05) is 30.3 Å². The number of nitrogens with one attached hydrogen (secondary N) is 1. The number of carbonyl (C=O) groups excluding carboxylic acids is 2. The molecule has 1 aromatic carbocycles. The number of hydrogen-bond donors (Lipinski definition) is 2. The molecule has 19 heavy (non-hydrogen) atoms. The quantitative estimate of drug-likeness (QED) is 0.795. The molecule has 1 aliphatic heterocycles. The lowest BCUT2D eigenvalue weighted by atomic mass is 10.1. The number of hydrogen-bond acceptors (Lipinski definition) is 3. The average molecular weight is 261 g/mol. The van der Waals surface area contributed by atoms with Gasteiger partial charge in [0.25, 0.3) is 0 Å². The molecule has 1 fully saturated rings. The number of nitrogens with zero attached hydrogens (tertiary/aromatic N) is 1. The number of carbonyl (C=O) groups is 2. The summed E-state index contributed by atoms with van der Waals surface area (Å²) in [5, 5.41) is 2.72. The molecular weight excluding hydrogens is 242 g/mol. The van der Waals surface area contributed by atoms with Crippen molar-refractivity contribution in [3.05, 3.63) is 35.9 Å². The summed E-state index contributed by atoms with van der Waals surface area (Å²) in [6.45, 7) is 0.678. The van der Waals surface area contributed by atoms with Crippen molar-refractivity contribution in [1.29, 1.82) is 0 Å². The van der Waals surface area contributed by atoms with E-state index < -0.39 is 12.1 Å². The molecule has 5 nitrogen and oxygen atoms in total. The van der Waals surface area contributed by atoms with Gasteiger partial charge in [-0.3, -0.25) is 9.59 Å². The maximum Gasteiger partial charge on any atom is 0.244 e. The molecule has 1 aliphatic rings. The number of benzene rings is 1. The zero-order chi connectivity index (χ0) is 13.8. The Morgan fingerprint density at radius 2 is 2.16 bits per heavy atom. The second-order valence-electron chi connectivity index (χ2n) is 4.91. The van der Waals surface area contributed by atoms with Gasteiger partial charge in [0.15, 0.2) is 0 Å². The van der Waals surface area contributed by atoms with Gasteiger partial charge in [-0.2, -0.15) is 0 Å². The third-order valence-electron chi connectivity index (χ3n) is 3.38. The summed E-state index contributed by atoms with van der Waals surface area (Å²) >= 11 is 0. The molecule has 2 atom stereocenters. The highest BCUT2D eigenvalue weighted by molar-refractivity contribution is 5.90. The van der Waals surface area contributed by atoms with Gasteiger partial charge in [-0.25, -0.2) is 0 Å². The topological polar surface area (TPSA) is 75.4 Å². The molecule has 5 heteroatoms. The molecule has 0 bridgehead atoms. The van der Waals surface area contributed by atoms with Crippen LogP contribution in [0, 0.1) is 0 Å². The molecule has 3 N–H and O–H groups in total. The van der Waals surface area contributed by atoms with Crippen molar-refractivity contribution in [1.82, 2.24) is 10.2 Å². The summed E-state index contributed by atoms with van der Waals surface area (Å²) < 4.78 is 0. The van der Waals surface area contributed by atoms with Gasteiger partial charge in [0.2, 0.25) is 11.8 Å². The van der Waals surface area contributed by atoms with Gasteiger partial charge in [0.1, 0.15) is 6.04 Å². The zero-order valence-electron chi connectivity index (χ0n) is 11.0. The molecule has 2 amide bonds. The van der Waals surface area contributed by atoms with Crippen LogP contribution in [-0.4, -0.2) is 42.4 Å². The molecule has 0 aromatic heterocycles. The summed E-state index contributed by atoms with van der Waals surface area (Å²) in [6, 6.07) is 8.57. The van der Waals surface area contributed by atoms with Crippen LogP contribution in [0.3, 0.4) is 0 Å². The van der Waals surface area contributed by atoms with Crippen LogP contribution in [0.4, 0.5) is 0 Å². The smallest absolute Gasteiger partial charge is 0.244 e. The van der Waals surface area contributed by atoms with Gasteiger partial charge < -0.3 is 16.0 Å². The van der Waals surface area contributed by atoms with Gasteiger partial charge in [0, 0.05) is 13.6 Å². The standard InChI is InChI=1S/C14H19N3O2/c1-17-8-7-12(14(17)19)16-13(18)11(15)9-10-5-3-2-4-6-10/h2-6,11-12H,7-9,15H2,1H3,(H,16,18). The summed E-state index contributed by atoms with van der Waals surface area (Å²) in [5.74, 6) is -0.308. The number of likely N-dealkylation sites (N-methyl/N-ethyl adjacent to an activating group) is 1. The van der Waals surface area contributed by atoms with Crippen LogP contribution in [-0.2, 0) is 16.0 Å². The lowest BCUT2D eigenvalue weighted by Crippen LogP contribution is -2.48. The zero-order valence-corrected chi connectivity index (χ0v) is 11.0. The maximum atomic E-state index is 11.9. The van der Waals surface area contributed by atoms with Crippen molar-refractivity contribution in [3.63, 3.8) is 0 Å². The Balaban J connectivity index is 1.88. The first-order chi connectivity index (χ1) is 9.08. The van der Waals surface area contributed by atoms with E-state index in [0.717, 1.165) is 5.56 Å². The molecule has 0 aliphatic carbocycles. The number of amides is 2. The van der Waals surface area contributed by atoms with E-state index >= 15 is 0 Å². The van der Waals surface area contributed by atoms with E-state index in [4.69, 9.17) is 5.73 Å². The number of nitrogens with two attached hydrogens (primary N) is 1. The fraction of sp³-hybridized carbons (Fsp3) is 0.429. The largest absolute Gasteiger partial charge is 0.344 e. The average Bonchev–Trinajstić information content (AvgIpc) is 2.72. The molecule has 0 spiro atoms. The van der Waals surface area contributed by atoms with Crippen LogP contribution >= 0.6 is 0 Å². The molecular formula is C14H19N3O2. The van der Waals surface area contributed by atoms with E-state index in [2.05, 4.69) is 5.32 Å². The van der Waals surface area contributed by atoms with E-state index in [9.17, 15) is 9.59 Å². The van der Waals surface area contributed by atoms with Gasteiger partial charge in [-0.15, -0.1) is 0 Å². The Morgan fingerprint density at radius 3 is 2.74 bits per heavy atom. The first-order valence-corrected chi connectivity index (χ1v) is 6.43. The van der Waals surface area contributed by atoms with Crippen LogP contribution in [0.1, 0.15) is 12.0 Å². The van der Waals surface area contributed by atoms with Crippen LogP contribution in [0.2, 0.25) is 0 Å². The van der Waals surface area contributed by atoms with Crippen molar-refractivity contribution in [2.24, 2.45) is 5.73 Å². The molecule has 0 radical (unpaired) electrons. The second kappa shape index (κ2) is 5.84. The third-order valence-corrected chi connectivity index (χ3v) is 3.38. The second-order valence-corrected chi connectivity index (χ2v) is 4.91. The summed E-state index contributed by atoms with van der Waals surface area (Å²) in [5.41, 5.74) is 6.88. The predicted molar refractivity (Wildman–Crippen MR) is 72.3 cm³/mol. The molecule has 1 heterocycles. The molecule has 1 saturated heterocycles. The summed E-state index contributed by atoms with van der Waals surface area (Å²) in [4.78, 5) is 25.3. The predicted octanol–water partition coefficient (Wildman–Crippen LogP) is -0.0967. The van der Waals surface area contributed by atoms with Crippen LogP contribution in [0.25, 0.3) is 0 Å². The third kappa shape index (κ3) is 3.32. The van der Waals surface area contributed by atoms with Crippen LogP contribution in [0.15, 0.2) is 30.3 Å². The molecule has 2 rings (SSSR count). The highest BCUT2D eigenvalue weighted by Gasteiger charge is 2.31. The van der Waals surface area contributed by atoms with Crippen LogP contribution in [0.5, 0.6) is 0 Å². The number of rotatable bonds is 4. The van der Waals surface area contributed by atoms with E-state index in [1.54, 1.807) is 11.9 Å². The Hall–Kier alpha value is -1.88. The van der Waals surface area contributed by atoms with Gasteiger partial charge in [0.05, 0.1) is 6.04 Å².